The van der Waals surface area contributed by atoms with E-state index in [2.05, 4.69) is 22.4 Å². The van der Waals surface area contributed by atoms with E-state index in [4.69, 9.17) is 0 Å². The number of aromatic nitrogens is 1. The van der Waals surface area contributed by atoms with E-state index in [0.717, 1.165) is 12.1 Å². The van der Waals surface area contributed by atoms with Crippen LogP contribution in [0.1, 0.15) is 30.6 Å². The third kappa shape index (κ3) is 4.44. The van der Waals surface area contributed by atoms with Crippen LogP contribution in [0, 0.1) is 5.92 Å². The molecule has 1 fully saturated rings. The second-order valence-electron chi connectivity index (χ2n) is 6.46. The van der Waals surface area contributed by atoms with Crippen LogP contribution in [-0.4, -0.2) is 34.8 Å². The van der Waals surface area contributed by atoms with Gasteiger partial charge in [0, 0.05) is 25.7 Å². The first-order chi connectivity index (χ1) is 12.1. The third-order valence-corrected chi connectivity index (χ3v) is 4.59. The summed E-state index contributed by atoms with van der Waals surface area (Å²) in [6.45, 7) is 3.05. The van der Waals surface area contributed by atoms with Crippen LogP contribution in [0.3, 0.4) is 0 Å². The van der Waals surface area contributed by atoms with Crippen LogP contribution in [0.4, 0.5) is 0 Å². The molecule has 1 aromatic carbocycles. The molecule has 0 saturated carbocycles. The van der Waals surface area contributed by atoms with E-state index in [1.807, 2.05) is 43.3 Å². The van der Waals surface area contributed by atoms with Gasteiger partial charge >= 0.3 is 0 Å². The van der Waals surface area contributed by atoms with Crippen LogP contribution in [0.5, 0.6) is 0 Å². The highest BCUT2D eigenvalue weighted by Gasteiger charge is 2.34. The van der Waals surface area contributed by atoms with Gasteiger partial charge in [-0.05, 0) is 31.0 Å². The van der Waals surface area contributed by atoms with Crippen molar-refractivity contribution in [3.63, 3.8) is 0 Å². The predicted molar refractivity (Wildman–Crippen MR) is 95.6 cm³/mol. The summed E-state index contributed by atoms with van der Waals surface area (Å²) in [5.74, 6) is -0.301. The number of pyridine rings is 1. The van der Waals surface area contributed by atoms with Gasteiger partial charge in [0.05, 0.1) is 17.7 Å². The van der Waals surface area contributed by atoms with E-state index in [0.29, 0.717) is 13.1 Å². The molecule has 2 amide bonds. The molecule has 5 nitrogen and oxygen atoms in total. The number of carbonyl (C=O) groups is 2. The summed E-state index contributed by atoms with van der Waals surface area (Å²) >= 11 is 0. The minimum absolute atomic E-state index is 0.0570. The van der Waals surface area contributed by atoms with Crippen molar-refractivity contribution in [1.29, 1.82) is 0 Å². The summed E-state index contributed by atoms with van der Waals surface area (Å²) < 4.78 is 0. The predicted octanol–water partition coefficient (Wildman–Crippen LogP) is 2.35. The molecule has 1 aromatic heterocycles. The summed E-state index contributed by atoms with van der Waals surface area (Å²) in [4.78, 5) is 30.7. The lowest BCUT2D eigenvalue weighted by Gasteiger charge is -2.18. The molecule has 1 aliphatic rings. The van der Waals surface area contributed by atoms with Gasteiger partial charge in [-0.15, -0.1) is 0 Å². The number of nitrogens with zero attached hydrogens (tertiary/aromatic N) is 2. The highest BCUT2D eigenvalue weighted by molar-refractivity contribution is 5.89. The summed E-state index contributed by atoms with van der Waals surface area (Å²) in [6, 6.07) is 15.5. The van der Waals surface area contributed by atoms with Gasteiger partial charge in [0.15, 0.2) is 0 Å². The topological polar surface area (TPSA) is 62.3 Å². The van der Waals surface area contributed by atoms with Crippen molar-refractivity contribution in [2.24, 2.45) is 5.92 Å². The summed E-state index contributed by atoms with van der Waals surface area (Å²) in [5, 5.41) is 2.97. The lowest BCUT2D eigenvalue weighted by Crippen LogP contribution is -2.35. The van der Waals surface area contributed by atoms with Crippen LogP contribution >= 0.6 is 0 Å². The van der Waals surface area contributed by atoms with E-state index < -0.39 is 0 Å². The number of benzene rings is 1. The van der Waals surface area contributed by atoms with Gasteiger partial charge in [-0.1, -0.05) is 36.4 Å². The first kappa shape index (κ1) is 17.1. The summed E-state index contributed by atoms with van der Waals surface area (Å²) in [5.41, 5.74) is 2.02. The van der Waals surface area contributed by atoms with Gasteiger partial charge in [0.2, 0.25) is 11.8 Å². The number of nitrogens with one attached hydrogen (secondary N) is 1. The highest BCUT2D eigenvalue weighted by Crippen LogP contribution is 2.20. The van der Waals surface area contributed by atoms with Gasteiger partial charge in [0.25, 0.3) is 0 Å². The standard InChI is InChI=1S/C20H23N3O2/c1-15(18-9-5-6-11-21-18)22-20(25)17-13-19(24)23(14-17)12-10-16-7-3-2-4-8-16/h2-9,11,15,17H,10,12-14H2,1H3,(H,22,25)/t15-,17+/m1/s1. The second kappa shape index (κ2) is 7.92. The van der Waals surface area contributed by atoms with E-state index in [1.165, 1.54) is 5.56 Å². The van der Waals surface area contributed by atoms with Crippen LogP contribution < -0.4 is 5.32 Å². The van der Waals surface area contributed by atoms with Crippen molar-refractivity contribution in [1.82, 2.24) is 15.2 Å². The largest absolute Gasteiger partial charge is 0.348 e. The number of carbonyl (C=O) groups excluding carboxylic acids is 2. The summed E-state index contributed by atoms with van der Waals surface area (Å²) in [6.07, 6.45) is 2.81. The minimum atomic E-state index is -0.283. The Kier molecular flexibility index (Phi) is 5.43. The van der Waals surface area contributed by atoms with E-state index in [1.54, 1.807) is 11.1 Å². The third-order valence-electron chi connectivity index (χ3n) is 4.59. The molecule has 3 rings (SSSR count). The second-order valence-corrected chi connectivity index (χ2v) is 6.46. The Morgan fingerprint density at radius 3 is 2.72 bits per heavy atom. The average molecular weight is 337 g/mol. The Morgan fingerprint density at radius 1 is 1.24 bits per heavy atom. The zero-order valence-corrected chi connectivity index (χ0v) is 14.4. The molecule has 0 aliphatic carbocycles. The number of rotatable bonds is 6. The molecule has 130 valence electrons. The van der Waals surface area contributed by atoms with E-state index >= 15 is 0 Å². The molecule has 2 aromatic rings. The summed E-state index contributed by atoms with van der Waals surface area (Å²) in [7, 11) is 0. The molecule has 0 unspecified atom stereocenters. The maximum Gasteiger partial charge on any atom is 0.225 e. The zero-order chi connectivity index (χ0) is 17.6. The molecule has 5 heteroatoms. The maximum atomic E-state index is 12.5. The smallest absolute Gasteiger partial charge is 0.225 e. The number of amides is 2. The van der Waals surface area contributed by atoms with Crippen molar-refractivity contribution in [3.8, 4) is 0 Å². The quantitative estimate of drug-likeness (QED) is 0.880. The number of likely N-dealkylation sites (tertiary alicyclic amines) is 1. The van der Waals surface area contributed by atoms with Gasteiger partial charge in [-0.2, -0.15) is 0 Å². The molecule has 2 atom stereocenters. The first-order valence-corrected chi connectivity index (χ1v) is 8.66. The van der Waals surface area contributed by atoms with Gasteiger partial charge in [-0.3, -0.25) is 14.6 Å². The molecule has 1 N–H and O–H groups in total. The monoisotopic (exact) mass is 337 g/mol. The fourth-order valence-electron chi connectivity index (χ4n) is 3.11. The zero-order valence-electron chi connectivity index (χ0n) is 14.4. The van der Waals surface area contributed by atoms with Gasteiger partial charge < -0.3 is 10.2 Å². The Hall–Kier alpha value is -2.69. The fourth-order valence-corrected chi connectivity index (χ4v) is 3.11. The van der Waals surface area contributed by atoms with Crippen molar-refractivity contribution in [3.05, 3.63) is 66.0 Å². The molecule has 0 bridgehead atoms. The van der Waals surface area contributed by atoms with Crippen LogP contribution in [0.15, 0.2) is 54.7 Å². The molecule has 25 heavy (non-hydrogen) atoms. The van der Waals surface area contributed by atoms with Crippen molar-refractivity contribution in [2.75, 3.05) is 13.1 Å². The van der Waals surface area contributed by atoms with Gasteiger partial charge in [-0.25, -0.2) is 0 Å². The van der Waals surface area contributed by atoms with Crippen molar-refractivity contribution in [2.45, 2.75) is 25.8 Å². The van der Waals surface area contributed by atoms with Crippen LogP contribution in [-0.2, 0) is 16.0 Å². The Morgan fingerprint density at radius 2 is 2.00 bits per heavy atom. The molecule has 0 radical (unpaired) electrons. The van der Waals surface area contributed by atoms with Gasteiger partial charge in [0.1, 0.15) is 0 Å². The minimum Gasteiger partial charge on any atom is -0.348 e. The molecule has 2 heterocycles. The Labute approximate surface area is 148 Å². The van der Waals surface area contributed by atoms with Crippen molar-refractivity contribution < 1.29 is 9.59 Å². The van der Waals surface area contributed by atoms with E-state index in [9.17, 15) is 9.59 Å². The Balaban J connectivity index is 1.52. The van der Waals surface area contributed by atoms with E-state index in [-0.39, 0.29) is 30.2 Å². The lowest BCUT2D eigenvalue weighted by molar-refractivity contribution is -0.129. The first-order valence-electron chi connectivity index (χ1n) is 8.66. The van der Waals surface area contributed by atoms with Crippen molar-refractivity contribution >= 4 is 11.8 Å². The molecule has 1 saturated heterocycles. The normalized spacial score (nSPS) is 18.2. The highest BCUT2D eigenvalue weighted by atomic mass is 16.2. The Bertz CT molecular complexity index is 718. The SMILES string of the molecule is C[C@@H](NC(=O)[C@H]1CC(=O)N(CCc2ccccc2)C1)c1ccccn1. The number of hydrogen-bond acceptors (Lipinski definition) is 3. The number of hydrogen-bond donors (Lipinski definition) is 1. The maximum absolute atomic E-state index is 12.5. The average Bonchev–Trinajstić information content (AvgIpc) is 3.02. The molecular weight excluding hydrogens is 314 g/mol. The molecular formula is C20H23N3O2. The lowest BCUT2D eigenvalue weighted by atomic mass is 10.1. The molecule has 0 spiro atoms. The van der Waals surface area contributed by atoms with Crippen LogP contribution in [0.2, 0.25) is 0 Å². The van der Waals surface area contributed by atoms with Crippen LogP contribution in [0.25, 0.3) is 0 Å². The molecule has 1 aliphatic heterocycles. The fraction of sp³-hybridized carbons (Fsp3) is 0.350.